The number of fused-ring (bicyclic) bond motifs is 1. The maximum absolute atomic E-state index is 11.9. The summed E-state index contributed by atoms with van der Waals surface area (Å²) in [7, 11) is 7.03. The van der Waals surface area contributed by atoms with Gasteiger partial charge in [0.2, 0.25) is 5.95 Å². The van der Waals surface area contributed by atoms with Crippen LogP contribution in [-0.4, -0.2) is 86.3 Å². The molecule has 1 saturated heterocycles. The molecule has 0 bridgehead atoms. The lowest BCUT2D eigenvalue weighted by Gasteiger charge is -2.19. The number of benzene rings is 1. The van der Waals surface area contributed by atoms with E-state index in [4.69, 9.17) is 47.4 Å². The number of allylic oxidation sites excluding steroid dienone is 1. The zero-order chi connectivity index (χ0) is 28.1. The van der Waals surface area contributed by atoms with Gasteiger partial charge in [-0.3, -0.25) is 4.79 Å². The molecule has 39 heavy (non-hydrogen) atoms. The summed E-state index contributed by atoms with van der Waals surface area (Å²) < 4.78 is 16.5. The number of carbonyl (C=O) groups is 1. The molecule has 0 saturated carbocycles. The van der Waals surface area contributed by atoms with Gasteiger partial charge < -0.3 is 29.7 Å². The molecule has 12 heteroatoms. The lowest BCUT2D eigenvalue weighted by Crippen LogP contribution is -2.30. The number of anilines is 2. The molecular formula is C27H32Cl2N6O4. The number of likely N-dealkylation sites (N-methyl/N-ethyl adjacent to an activating group) is 1. The number of ketones is 1. The topological polar surface area (TPSA) is 111 Å². The third kappa shape index (κ3) is 6.52. The Labute approximate surface area is 237 Å². The molecule has 1 aromatic carbocycles. The highest BCUT2D eigenvalue weighted by molar-refractivity contribution is 6.41. The molecule has 1 fully saturated rings. The third-order valence-corrected chi connectivity index (χ3v) is 7.20. The number of rotatable bonds is 12. The van der Waals surface area contributed by atoms with E-state index in [1.165, 1.54) is 20.3 Å². The second-order valence-corrected chi connectivity index (χ2v) is 10.2. The van der Waals surface area contributed by atoms with Gasteiger partial charge in [-0.05, 0) is 26.2 Å². The highest BCUT2D eigenvalue weighted by atomic mass is 35.5. The lowest BCUT2D eigenvalue weighted by molar-refractivity contribution is -0.115. The predicted octanol–water partition coefficient (Wildman–Crippen LogP) is 4.56. The third-order valence-electron chi connectivity index (χ3n) is 6.45. The molecule has 1 aliphatic rings. The van der Waals surface area contributed by atoms with Crippen molar-refractivity contribution in [1.29, 1.82) is 0 Å². The number of pyridine rings is 1. The lowest BCUT2D eigenvalue weighted by atomic mass is 9.97. The Kier molecular flexibility index (Phi) is 9.45. The zero-order valence-electron chi connectivity index (χ0n) is 22.4. The Bertz CT molecular complexity index is 1340. The van der Waals surface area contributed by atoms with E-state index in [0.29, 0.717) is 76.3 Å². The number of hydrogen-bond donors (Lipinski definition) is 2. The summed E-state index contributed by atoms with van der Waals surface area (Å²) in [6, 6.07) is 3.35. The molecule has 0 amide bonds. The molecule has 4 rings (SSSR count). The summed E-state index contributed by atoms with van der Waals surface area (Å²) >= 11 is 13.4. The molecule has 3 aromatic rings. The number of hydrogen-bond acceptors (Lipinski definition) is 10. The number of aromatic nitrogens is 3. The van der Waals surface area contributed by atoms with Gasteiger partial charge in [0.1, 0.15) is 17.0 Å². The Morgan fingerprint density at radius 2 is 1.90 bits per heavy atom. The number of nitrogens with zero attached hydrogens (tertiary/aromatic N) is 4. The SMILES string of the molecule is C=CC(=O)C[C@H]1COC[C@H]1Nc1ncc2cc(-c3c(Cl)c(OC)cc(OC)c3Cl)nc(NCCN(C)C)c2n1. The first kappa shape index (κ1) is 28.8. The number of methoxy groups -OCH3 is 2. The van der Waals surface area contributed by atoms with E-state index in [2.05, 4.69) is 27.1 Å². The molecule has 208 valence electrons. The van der Waals surface area contributed by atoms with Gasteiger partial charge >= 0.3 is 0 Å². The van der Waals surface area contributed by atoms with Gasteiger partial charge in [-0.25, -0.2) is 15.0 Å². The summed E-state index contributed by atoms with van der Waals surface area (Å²) in [5, 5.41) is 8.08. The van der Waals surface area contributed by atoms with Crippen molar-refractivity contribution >= 4 is 51.7 Å². The number of ether oxygens (including phenoxy) is 3. The fourth-order valence-corrected chi connectivity index (χ4v) is 5.03. The van der Waals surface area contributed by atoms with Gasteiger partial charge in [-0.2, -0.15) is 0 Å². The van der Waals surface area contributed by atoms with Gasteiger partial charge in [-0.1, -0.05) is 29.8 Å². The van der Waals surface area contributed by atoms with E-state index in [-0.39, 0.29) is 17.7 Å². The standard InChI is InChI=1S/C27H32Cl2N6O4/c1-6-17(36)9-16-13-39-14-19(16)33-27-31-12-15-10-18(32-26(25(15)34-27)30-7-8-35(2)3)22-23(28)20(37-4)11-21(38-5)24(22)29/h6,10-12,16,19H,1,7-9,13-14H2,2-5H3,(H,30,32)(H,31,33,34)/t16-,19+/m0/s1. The second kappa shape index (κ2) is 12.8. The van der Waals surface area contributed by atoms with Crippen LogP contribution < -0.4 is 20.1 Å². The average Bonchev–Trinajstić information content (AvgIpc) is 3.34. The Balaban J connectivity index is 1.76. The largest absolute Gasteiger partial charge is 0.495 e. The van der Waals surface area contributed by atoms with Crippen molar-refractivity contribution in [2.75, 3.05) is 65.3 Å². The number of halogens is 2. The average molecular weight is 575 g/mol. The Hall–Kier alpha value is -3.18. The summed E-state index contributed by atoms with van der Waals surface area (Å²) in [6.45, 7) is 5.90. The van der Waals surface area contributed by atoms with Crippen LogP contribution in [0.3, 0.4) is 0 Å². The summed E-state index contributed by atoms with van der Waals surface area (Å²) in [5.74, 6) is 1.77. The van der Waals surface area contributed by atoms with Crippen LogP contribution >= 0.6 is 23.2 Å². The van der Waals surface area contributed by atoms with Crippen molar-refractivity contribution in [2.45, 2.75) is 12.5 Å². The molecule has 0 radical (unpaired) electrons. The maximum atomic E-state index is 11.9. The van der Waals surface area contributed by atoms with Gasteiger partial charge in [-0.15, -0.1) is 0 Å². The van der Waals surface area contributed by atoms with Crippen LogP contribution in [0, 0.1) is 5.92 Å². The van der Waals surface area contributed by atoms with Crippen molar-refractivity contribution in [3.8, 4) is 22.8 Å². The number of nitrogens with one attached hydrogen (secondary N) is 2. The fourth-order valence-electron chi connectivity index (χ4n) is 4.34. The van der Waals surface area contributed by atoms with E-state index in [1.807, 2.05) is 20.2 Å². The molecule has 3 heterocycles. The normalized spacial score (nSPS) is 16.9. The molecule has 2 atom stereocenters. The van der Waals surface area contributed by atoms with E-state index in [0.717, 1.165) is 11.9 Å². The van der Waals surface area contributed by atoms with E-state index >= 15 is 0 Å². The Morgan fingerprint density at radius 3 is 2.54 bits per heavy atom. The monoisotopic (exact) mass is 574 g/mol. The first-order valence-electron chi connectivity index (χ1n) is 12.4. The molecule has 1 aliphatic heterocycles. The van der Waals surface area contributed by atoms with Gasteiger partial charge in [0.25, 0.3) is 0 Å². The summed E-state index contributed by atoms with van der Waals surface area (Å²) in [6.07, 6.45) is 3.40. The predicted molar refractivity (Wildman–Crippen MR) is 154 cm³/mol. The van der Waals surface area contributed by atoms with E-state index in [1.54, 1.807) is 12.3 Å². The van der Waals surface area contributed by atoms with Crippen LogP contribution in [-0.2, 0) is 9.53 Å². The van der Waals surface area contributed by atoms with Crippen LogP contribution in [0.25, 0.3) is 22.2 Å². The molecular weight excluding hydrogens is 543 g/mol. The van der Waals surface area contributed by atoms with Crippen LogP contribution in [0.1, 0.15) is 6.42 Å². The Morgan fingerprint density at radius 1 is 1.18 bits per heavy atom. The van der Waals surface area contributed by atoms with Crippen molar-refractivity contribution in [1.82, 2.24) is 19.9 Å². The quantitative estimate of drug-likeness (QED) is 0.298. The summed E-state index contributed by atoms with van der Waals surface area (Å²) in [5.41, 5.74) is 1.61. The van der Waals surface area contributed by atoms with Crippen molar-refractivity contribution in [2.24, 2.45) is 5.92 Å². The van der Waals surface area contributed by atoms with Crippen LogP contribution in [0.15, 0.2) is 31.0 Å². The minimum atomic E-state index is -0.106. The fraction of sp³-hybridized carbons (Fsp3) is 0.407. The molecule has 2 N–H and O–H groups in total. The molecule has 0 unspecified atom stereocenters. The van der Waals surface area contributed by atoms with Crippen molar-refractivity contribution in [3.05, 3.63) is 41.0 Å². The minimum absolute atomic E-state index is 0.000287. The van der Waals surface area contributed by atoms with Crippen LogP contribution in [0.2, 0.25) is 10.0 Å². The van der Waals surface area contributed by atoms with Gasteiger partial charge in [0.05, 0.1) is 49.2 Å². The van der Waals surface area contributed by atoms with E-state index in [9.17, 15) is 4.79 Å². The van der Waals surface area contributed by atoms with Crippen molar-refractivity contribution in [3.63, 3.8) is 0 Å². The maximum Gasteiger partial charge on any atom is 0.223 e. The first-order valence-corrected chi connectivity index (χ1v) is 13.2. The second-order valence-electron chi connectivity index (χ2n) is 9.42. The highest BCUT2D eigenvalue weighted by Crippen LogP contribution is 2.46. The van der Waals surface area contributed by atoms with Gasteiger partial charge in [0, 0.05) is 48.6 Å². The highest BCUT2D eigenvalue weighted by Gasteiger charge is 2.30. The van der Waals surface area contributed by atoms with Gasteiger partial charge in [0.15, 0.2) is 11.6 Å². The number of carbonyl (C=O) groups excluding carboxylic acids is 1. The smallest absolute Gasteiger partial charge is 0.223 e. The zero-order valence-corrected chi connectivity index (χ0v) is 23.9. The van der Waals surface area contributed by atoms with Crippen molar-refractivity contribution < 1.29 is 19.0 Å². The summed E-state index contributed by atoms with van der Waals surface area (Å²) in [4.78, 5) is 28.2. The molecule has 2 aromatic heterocycles. The van der Waals surface area contributed by atoms with Crippen LogP contribution in [0.5, 0.6) is 11.5 Å². The minimum Gasteiger partial charge on any atom is -0.495 e. The molecule has 10 nitrogen and oxygen atoms in total. The first-order chi connectivity index (χ1) is 18.7. The molecule has 0 spiro atoms. The van der Waals surface area contributed by atoms with E-state index < -0.39 is 0 Å². The van der Waals surface area contributed by atoms with Crippen LogP contribution in [0.4, 0.5) is 11.8 Å². The molecule has 0 aliphatic carbocycles.